The van der Waals surface area contributed by atoms with Crippen molar-refractivity contribution in [2.24, 2.45) is 0 Å². The minimum absolute atomic E-state index is 0.00206. The lowest BCUT2D eigenvalue weighted by Crippen LogP contribution is -2.66. The molecule has 672 valence electrons. The minimum atomic E-state index is -1.34. The fourth-order valence-corrected chi connectivity index (χ4v) is 13.1. The predicted octanol–water partition coefficient (Wildman–Crippen LogP) is -3.02. The summed E-state index contributed by atoms with van der Waals surface area (Å²) in [5.74, 6) is -9.46. The van der Waals surface area contributed by atoms with Gasteiger partial charge in [0.05, 0.1) is 102 Å². The molecule has 4 aromatic rings. The third-order valence-electron chi connectivity index (χ3n) is 17.8. The Morgan fingerprint density at radius 1 is 0.413 bits per heavy atom. The zero-order valence-electron chi connectivity index (χ0n) is 69.2. The highest BCUT2D eigenvalue weighted by molar-refractivity contribution is 5.76. The first-order chi connectivity index (χ1) is 57.7. The number of unbranched alkanes of at least 4 members (excludes halogenated alkanes) is 1. The number of ether oxygens (including phenoxy) is 18. The van der Waals surface area contributed by atoms with Crippen molar-refractivity contribution in [2.45, 2.75) is 246 Å². The largest absolute Gasteiger partial charge is 0.480 e. The van der Waals surface area contributed by atoms with E-state index in [4.69, 9.17) is 85.3 Å². The molecular weight excluding hydrogens is 1610 g/mol. The lowest BCUT2D eigenvalue weighted by atomic mass is 9.96. The zero-order valence-corrected chi connectivity index (χ0v) is 69.2. The SMILES string of the molecule is CC(=O)N[C@H]1[C@H](OCCOCCn2cc(CN(CCCC[C@@H](C(=O)O)N(Cc3cn(CCOCCO[C@@H]4O[C@H](COC(C)=O)[C@H](OC(C)=O)[C@H](OC(C)=O)[C@H]4NC(C)=O)nn3)Cc3cn(CCOCCO[C@@H]4O[C@H](COC(C)=O)[C@H](OC(C)=O)[C@H](OC(C)=O)[C@H]4NC(C)=O)nn3)Cc3c[nH]nn3)nn2)O[C@H](COC(C)=O)[C@H](OC(C)=O)[C@@H]1OC(C)=O. The summed E-state index contributed by atoms with van der Waals surface area (Å²) in [7, 11) is 0. The van der Waals surface area contributed by atoms with E-state index in [9.17, 15) is 67.4 Å². The van der Waals surface area contributed by atoms with Gasteiger partial charge in [-0.25, -0.2) is 14.0 Å². The Kier molecular flexibility index (Phi) is 40.1. The number of carbonyl (C=O) groups excluding carboxylic acids is 12. The quantitative estimate of drug-likeness (QED) is 0.0167. The molecule has 7 heterocycles. The van der Waals surface area contributed by atoms with Gasteiger partial charge in [0, 0.05) is 134 Å². The van der Waals surface area contributed by atoms with E-state index >= 15 is 0 Å². The van der Waals surface area contributed by atoms with E-state index in [1.165, 1.54) is 37.1 Å². The molecule has 0 aliphatic carbocycles. The Hall–Kier alpha value is -10.8. The molecule has 0 saturated carbocycles. The van der Waals surface area contributed by atoms with Gasteiger partial charge >= 0.3 is 59.7 Å². The number of carbonyl (C=O) groups is 13. The first-order valence-electron chi connectivity index (χ1n) is 38.7. The van der Waals surface area contributed by atoms with Crippen molar-refractivity contribution in [1.29, 1.82) is 0 Å². The topological polar surface area (TPSA) is 585 Å². The molecule has 0 spiro atoms. The number of rotatable bonds is 51. The molecule has 0 radical (unpaired) electrons. The van der Waals surface area contributed by atoms with Gasteiger partial charge in [-0.15, -0.1) is 20.4 Å². The van der Waals surface area contributed by atoms with E-state index in [-0.39, 0.29) is 105 Å². The Morgan fingerprint density at radius 2 is 0.736 bits per heavy atom. The van der Waals surface area contributed by atoms with Crippen LogP contribution >= 0.6 is 0 Å². The molecule has 5 N–H and O–H groups in total. The maximum atomic E-state index is 13.6. The fourth-order valence-electron chi connectivity index (χ4n) is 13.1. The number of carboxylic acid groups (broad SMARTS) is 1. The molecule has 3 aliphatic heterocycles. The second kappa shape index (κ2) is 49.8. The monoisotopic (exact) mass is 1720 g/mol. The van der Waals surface area contributed by atoms with Crippen LogP contribution in [0.1, 0.15) is 125 Å². The van der Waals surface area contributed by atoms with Crippen molar-refractivity contribution in [3.63, 3.8) is 0 Å². The van der Waals surface area contributed by atoms with E-state index in [1.54, 1.807) is 34.4 Å². The number of amides is 3. The fraction of sp³-hybridized carbons (Fsp3) is 0.708. The molecule has 0 unspecified atom stereocenters. The zero-order chi connectivity index (χ0) is 88.2. The van der Waals surface area contributed by atoms with Crippen molar-refractivity contribution in [2.75, 3.05) is 85.8 Å². The van der Waals surface area contributed by atoms with E-state index < -0.39 is 195 Å². The molecule has 49 heteroatoms. The van der Waals surface area contributed by atoms with Gasteiger partial charge in [-0.3, -0.25) is 77.2 Å². The summed E-state index contributed by atoms with van der Waals surface area (Å²) < 4.78 is 107. The van der Waals surface area contributed by atoms with Crippen LogP contribution in [0.2, 0.25) is 0 Å². The highest BCUT2D eigenvalue weighted by Gasteiger charge is 2.54. The van der Waals surface area contributed by atoms with Gasteiger partial charge in [0.25, 0.3) is 0 Å². The number of hydrogen-bond acceptors (Lipinski definition) is 41. The molecule has 0 aromatic carbocycles. The van der Waals surface area contributed by atoms with Gasteiger partial charge in [-0.2, -0.15) is 0 Å². The van der Waals surface area contributed by atoms with Crippen LogP contribution in [0.15, 0.2) is 24.8 Å². The summed E-state index contributed by atoms with van der Waals surface area (Å²) in [5, 5.41) is 55.8. The number of carboxylic acids is 1. The third-order valence-corrected chi connectivity index (χ3v) is 17.8. The summed E-state index contributed by atoms with van der Waals surface area (Å²) in [5.41, 5.74) is 1.94. The summed E-state index contributed by atoms with van der Waals surface area (Å²) in [6.07, 6.45) is -7.79. The number of aliphatic carboxylic acids is 1. The molecule has 49 nitrogen and oxygen atoms in total. The van der Waals surface area contributed by atoms with Crippen LogP contribution in [0.25, 0.3) is 0 Å². The minimum Gasteiger partial charge on any atom is -0.480 e. The van der Waals surface area contributed by atoms with E-state index in [0.717, 1.165) is 55.4 Å². The van der Waals surface area contributed by atoms with E-state index in [1.807, 2.05) is 4.90 Å². The van der Waals surface area contributed by atoms with Crippen molar-refractivity contribution >= 4 is 77.4 Å². The van der Waals surface area contributed by atoms with Gasteiger partial charge in [-0.1, -0.05) is 27.3 Å². The lowest BCUT2D eigenvalue weighted by Gasteiger charge is -2.44. The molecule has 121 heavy (non-hydrogen) atoms. The first kappa shape index (κ1) is 97.4. The maximum Gasteiger partial charge on any atom is 0.320 e. The van der Waals surface area contributed by atoms with E-state index in [2.05, 4.69) is 62.3 Å². The van der Waals surface area contributed by atoms with Crippen LogP contribution in [0, 0.1) is 0 Å². The first-order valence-corrected chi connectivity index (χ1v) is 38.7. The number of esters is 9. The Balaban J connectivity index is 0.986. The van der Waals surface area contributed by atoms with Crippen molar-refractivity contribution in [1.82, 2.24) is 86.1 Å². The third kappa shape index (κ3) is 34.0. The Morgan fingerprint density at radius 3 is 1.03 bits per heavy atom. The summed E-state index contributed by atoms with van der Waals surface area (Å²) in [6, 6.07) is -4.71. The molecule has 16 atom stereocenters. The number of hydrogen-bond donors (Lipinski definition) is 5. The Bertz CT molecular complexity index is 3870. The smallest absolute Gasteiger partial charge is 0.320 e. The molecule has 3 amide bonds. The van der Waals surface area contributed by atoms with Crippen LogP contribution in [0.5, 0.6) is 0 Å². The number of nitrogens with zero attached hydrogens (tertiary/aromatic N) is 13. The van der Waals surface area contributed by atoms with Gasteiger partial charge in [0.15, 0.2) is 55.5 Å². The van der Waals surface area contributed by atoms with Crippen LogP contribution in [-0.4, -0.2) is 337 Å². The van der Waals surface area contributed by atoms with Crippen LogP contribution in [-0.2, 0) is 193 Å². The van der Waals surface area contributed by atoms with Crippen LogP contribution < -0.4 is 16.0 Å². The van der Waals surface area contributed by atoms with Crippen LogP contribution in [0.3, 0.4) is 0 Å². The van der Waals surface area contributed by atoms with Gasteiger partial charge < -0.3 is 106 Å². The molecule has 3 aliphatic rings. The average Bonchev–Trinajstić information content (AvgIpc) is 1.53. The van der Waals surface area contributed by atoms with Gasteiger partial charge in [0.2, 0.25) is 17.7 Å². The van der Waals surface area contributed by atoms with Crippen molar-refractivity contribution in [3.05, 3.63) is 47.6 Å². The second-order valence-electron chi connectivity index (χ2n) is 28.0. The number of aromatic nitrogens is 12. The number of aromatic amines is 1. The average molecular weight is 1720 g/mol. The molecule has 4 aromatic heterocycles. The summed E-state index contributed by atoms with van der Waals surface area (Å²) >= 11 is 0. The number of nitrogens with one attached hydrogen (secondary N) is 4. The number of H-pyrrole nitrogens is 1. The van der Waals surface area contributed by atoms with Crippen LogP contribution in [0.4, 0.5) is 0 Å². The van der Waals surface area contributed by atoms with Gasteiger partial charge in [-0.05, 0) is 19.4 Å². The molecule has 3 saturated heterocycles. The molecular formula is C72H107N17O32. The normalized spacial score (nSPS) is 22.9. The summed E-state index contributed by atoms with van der Waals surface area (Å²) in [4.78, 5) is 164. The molecule has 7 rings (SSSR count). The molecule has 0 bridgehead atoms. The highest BCUT2D eigenvalue weighted by atomic mass is 16.7. The maximum absolute atomic E-state index is 13.6. The van der Waals surface area contributed by atoms with Gasteiger partial charge in [0.1, 0.15) is 62.3 Å². The predicted molar refractivity (Wildman–Crippen MR) is 397 cm³/mol. The van der Waals surface area contributed by atoms with Crippen molar-refractivity contribution in [3.8, 4) is 0 Å². The van der Waals surface area contributed by atoms with E-state index in [0.29, 0.717) is 48.7 Å². The molecule has 3 fully saturated rings. The van der Waals surface area contributed by atoms with Crippen molar-refractivity contribution < 1.29 is 153 Å². The summed E-state index contributed by atoms with van der Waals surface area (Å²) in [6.45, 7) is 13.8. The lowest BCUT2D eigenvalue weighted by molar-refractivity contribution is -0.279. The highest BCUT2D eigenvalue weighted by Crippen LogP contribution is 2.32. The second-order valence-corrected chi connectivity index (χ2v) is 28.0. The Labute approximate surface area is 693 Å². The standard InChI is InChI=1S/C72H107N17O32/c1-40(90)74-60-66(116-49(10)99)63(113-46(7)96)57(37-110-43(4)93)119-70(60)107-26-23-104-20-17-87-34-53(78-82-87)31-85(30-52-29-73-81-77-52)16-14-13-15-56(69(102)103)86(32-54-35-88(83-79-54)18-21-105-24-27-108-71-61(75-41(2)91)67(117-50(11)100)64(114-47(8)97)58(120-71)38-111-44(5)94)33-55-36-89(84-80-55)19-22-106-25-28-109-72-62(76-42(3)92)68(118-51(12)101)65(115-48(9)98)59(121-72)39-112-45(6)95/h29,34-36,56-68,70-72H,13-28,30-33,37-39H2,1-12H3,(H,74,90)(H,75,91)(H,76,92)(H,102,103)(H,73,77,81)/t56-,57+,58+,59+,60+,61+,62+,63-,64-,65-,66+,67+,68+,70+,71+,72+/m0/s1.